The third kappa shape index (κ3) is 4.38. The van der Waals surface area contributed by atoms with E-state index in [2.05, 4.69) is 69.0 Å². The van der Waals surface area contributed by atoms with Crippen LogP contribution in [0.3, 0.4) is 0 Å². The number of aliphatic hydroxyl groups excluding tert-OH is 1. The fourth-order valence-corrected chi connectivity index (χ4v) is 7.08. The number of hydrogen-bond acceptors (Lipinski definition) is 4. The number of benzene rings is 2. The third-order valence-corrected chi connectivity index (χ3v) is 9.00. The maximum atomic E-state index is 10.1. The molecule has 186 valence electrons. The molecule has 0 unspecified atom stereocenters. The predicted molar refractivity (Wildman–Crippen MR) is 143 cm³/mol. The fraction of sp³-hybridized carbons (Fsp3) is 0.567. The molecule has 1 saturated carbocycles. The highest BCUT2D eigenvalue weighted by atomic mass is 16.3. The third-order valence-electron chi connectivity index (χ3n) is 9.00. The monoisotopic (exact) mass is 472 g/mol. The minimum Gasteiger partial charge on any atom is -0.393 e. The Labute approximate surface area is 209 Å². The van der Waals surface area contributed by atoms with Crippen LogP contribution in [0.1, 0.15) is 75.8 Å². The van der Waals surface area contributed by atoms with Crippen molar-refractivity contribution in [2.24, 2.45) is 0 Å². The zero-order valence-electron chi connectivity index (χ0n) is 21.0. The summed E-state index contributed by atoms with van der Waals surface area (Å²) in [6, 6.07) is 20.5. The van der Waals surface area contributed by atoms with Crippen molar-refractivity contribution in [3.63, 3.8) is 0 Å². The van der Waals surface area contributed by atoms with Gasteiger partial charge in [0.1, 0.15) is 0 Å². The van der Waals surface area contributed by atoms with Gasteiger partial charge in [-0.2, -0.15) is 0 Å². The summed E-state index contributed by atoms with van der Waals surface area (Å²) < 4.78 is 2.55. The molecule has 1 N–H and O–H groups in total. The molecular formula is C30H40N4O. The Kier molecular flexibility index (Phi) is 6.55. The summed E-state index contributed by atoms with van der Waals surface area (Å²) in [5.74, 6) is 1.11. The van der Waals surface area contributed by atoms with Crippen molar-refractivity contribution in [1.82, 2.24) is 14.5 Å². The van der Waals surface area contributed by atoms with Crippen LogP contribution in [0.4, 0.5) is 5.95 Å². The van der Waals surface area contributed by atoms with Crippen LogP contribution < -0.4 is 4.90 Å². The molecule has 0 atom stereocenters. The van der Waals surface area contributed by atoms with E-state index in [-0.39, 0.29) is 11.6 Å². The van der Waals surface area contributed by atoms with Crippen molar-refractivity contribution in [3.8, 4) is 0 Å². The van der Waals surface area contributed by atoms with Crippen molar-refractivity contribution >= 4 is 17.0 Å². The van der Waals surface area contributed by atoms with Gasteiger partial charge in [0, 0.05) is 37.8 Å². The van der Waals surface area contributed by atoms with Crippen LogP contribution in [0.15, 0.2) is 54.6 Å². The number of para-hydroxylation sites is 2. The Morgan fingerprint density at radius 1 is 0.743 bits per heavy atom. The van der Waals surface area contributed by atoms with Crippen LogP contribution in [-0.2, 0) is 5.54 Å². The average molecular weight is 473 g/mol. The van der Waals surface area contributed by atoms with Gasteiger partial charge in [-0.25, -0.2) is 4.98 Å². The molecule has 0 spiro atoms. The lowest BCUT2D eigenvalue weighted by atomic mass is 9.79. The number of aliphatic hydroxyl groups is 1. The molecule has 0 radical (unpaired) electrons. The number of aromatic nitrogens is 2. The summed E-state index contributed by atoms with van der Waals surface area (Å²) in [6.45, 7) is 4.06. The van der Waals surface area contributed by atoms with E-state index in [0.717, 1.165) is 50.5 Å². The molecule has 3 aliphatic rings. The molecule has 6 rings (SSSR count). The molecule has 1 aromatic heterocycles. The number of piperidine rings is 2. The maximum absolute atomic E-state index is 10.1. The number of anilines is 1. The quantitative estimate of drug-likeness (QED) is 0.481. The van der Waals surface area contributed by atoms with Gasteiger partial charge in [0.25, 0.3) is 0 Å². The van der Waals surface area contributed by atoms with E-state index >= 15 is 0 Å². The molecule has 2 aromatic carbocycles. The smallest absolute Gasteiger partial charge is 0.206 e. The van der Waals surface area contributed by atoms with Gasteiger partial charge in [-0.3, -0.25) is 4.90 Å². The van der Waals surface area contributed by atoms with Crippen LogP contribution in [0.5, 0.6) is 0 Å². The normalized spacial score (nSPS) is 22.9. The fourth-order valence-electron chi connectivity index (χ4n) is 7.08. The molecule has 0 amide bonds. The van der Waals surface area contributed by atoms with Gasteiger partial charge in [0.15, 0.2) is 0 Å². The van der Waals surface area contributed by atoms with Crippen LogP contribution >= 0.6 is 0 Å². The van der Waals surface area contributed by atoms with E-state index in [9.17, 15) is 5.11 Å². The SMILES string of the molecule is OC1CCN(c2nc3ccccc3n2C2CCN(C3(c4ccccc4)CCCCCC3)CC2)CC1. The summed E-state index contributed by atoms with van der Waals surface area (Å²) in [5, 5.41) is 10.1. The Morgan fingerprint density at radius 3 is 2.11 bits per heavy atom. The molecule has 3 fully saturated rings. The largest absolute Gasteiger partial charge is 0.393 e. The predicted octanol–water partition coefficient (Wildman–Crippen LogP) is 5.88. The molecule has 0 bridgehead atoms. The van der Waals surface area contributed by atoms with Crippen LogP contribution in [-0.4, -0.2) is 51.8 Å². The van der Waals surface area contributed by atoms with Crippen molar-refractivity contribution in [1.29, 1.82) is 0 Å². The number of hydrogen-bond donors (Lipinski definition) is 1. The lowest BCUT2D eigenvalue weighted by Gasteiger charge is -2.48. The lowest BCUT2D eigenvalue weighted by Crippen LogP contribution is -2.50. The average Bonchev–Trinajstić information content (AvgIpc) is 3.12. The van der Waals surface area contributed by atoms with Gasteiger partial charge in [-0.1, -0.05) is 68.1 Å². The van der Waals surface area contributed by atoms with Gasteiger partial charge in [-0.05, 0) is 56.2 Å². The van der Waals surface area contributed by atoms with Crippen molar-refractivity contribution in [2.45, 2.75) is 81.9 Å². The number of nitrogens with zero attached hydrogens (tertiary/aromatic N) is 4. The molecule has 2 aliphatic heterocycles. The zero-order valence-corrected chi connectivity index (χ0v) is 21.0. The van der Waals surface area contributed by atoms with Crippen molar-refractivity contribution in [2.75, 3.05) is 31.1 Å². The first-order chi connectivity index (χ1) is 17.2. The Balaban J connectivity index is 1.28. The topological polar surface area (TPSA) is 44.5 Å². The molecule has 5 nitrogen and oxygen atoms in total. The van der Waals surface area contributed by atoms with Crippen LogP contribution in [0.2, 0.25) is 0 Å². The van der Waals surface area contributed by atoms with E-state index in [4.69, 9.17) is 4.98 Å². The highest BCUT2D eigenvalue weighted by Crippen LogP contribution is 2.44. The number of likely N-dealkylation sites (tertiary alicyclic amines) is 1. The van der Waals surface area contributed by atoms with Gasteiger partial charge in [0.2, 0.25) is 5.95 Å². The van der Waals surface area contributed by atoms with Crippen LogP contribution in [0, 0.1) is 0 Å². The second kappa shape index (κ2) is 9.94. The van der Waals surface area contributed by atoms with Crippen molar-refractivity contribution in [3.05, 3.63) is 60.2 Å². The minimum absolute atomic E-state index is 0.166. The first-order valence-electron chi connectivity index (χ1n) is 14.0. The summed E-state index contributed by atoms with van der Waals surface area (Å²) in [5.41, 5.74) is 4.09. The summed E-state index contributed by atoms with van der Waals surface area (Å²) in [4.78, 5) is 10.4. The van der Waals surface area contributed by atoms with Gasteiger partial charge in [-0.15, -0.1) is 0 Å². The zero-order chi connectivity index (χ0) is 23.7. The minimum atomic E-state index is -0.166. The molecular weight excluding hydrogens is 432 g/mol. The molecule has 5 heteroatoms. The molecule has 35 heavy (non-hydrogen) atoms. The number of fused-ring (bicyclic) bond motifs is 1. The highest BCUT2D eigenvalue weighted by Gasteiger charge is 2.41. The Morgan fingerprint density at radius 2 is 1.40 bits per heavy atom. The maximum Gasteiger partial charge on any atom is 0.206 e. The van der Waals surface area contributed by atoms with Crippen molar-refractivity contribution < 1.29 is 5.11 Å². The Bertz CT molecular complexity index is 1100. The summed E-state index contributed by atoms with van der Waals surface area (Å²) in [6.07, 6.45) is 11.8. The summed E-state index contributed by atoms with van der Waals surface area (Å²) >= 11 is 0. The van der Waals surface area contributed by atoms with E-state index in [0.29, 0.717) is 6.04 Å². The summed E-state index contributed by atoms with van der Waals surface area (Å²) in [7, 11) is 0. The standard InChI is InChI=1S/C30H40N4O/c35-26-16-20-32(21-17-26)29-31-27-12-6-7-13-28(27)34(29)25-14-22-33(23-15-25)30(18-8-1-2-9-19-30)24-10-4-3-5-11-24/h3-7,10-13,25-26,35H,1-2,8-9,14-23H2. The first kappa shape index (κ1) is 23.1. The second-order valence-corrected chi connectivity index (χ2v) is 11.0. The molecule has 3 aromatic rings. The highest BCUT2D eigenvalue weighted by molar-refractivity contribution is 5.79. The van der Waals surface area contributed by atoms with E-state index in [1.807, 2.05) is 0 Å². The number of imidazole rings is 1. The van der Waals surface area contributed by atoms with Crippen LogP contribution in [0.25, 0.3) is 11.0 Å². The molecule has 3 heterocycles. The Hall–Kier alpha value is -2.37. The molecule has 2 saturated heterocycles. The van der Waals surface area contributed by atoms with E-state index < -0.39 is 0 Å². The number of rotatable bonds is 4. The lowest BCUT2D eigenvalue weighted by molar-refractivity contribution is 0.0360. The first-order valence-corrected chi connectivity index (χ1v) is 14.0. The second-order valence-electron chi connectivity index (χ2n) is 11.0. The van der Waals surface area contributed by atoms with E-state index in [1.165, 1.54) is 62.4 Å². The van der Waals surface area contributed by atoms with Gasteiger partial charge >= 0.3 is 0 Å². The van der Waals surface area contributed by atoms with E-state index in [1.54, 1.807) is 0 Å². The van der Waals surface area contributed by atoms with Gasteiger partial charge < -0.3 is 14.6 Å². The van der Waals surface area contributed by atoms with Gasteiger partial charge in [0.05, 0.1) is 17.1 Å². The molecule has 1 aliphatic carbocycles.